The van der Waals surface area contributed by atoms with Gasteiger partial charge in [-0.1, -0.05) is 19.9 Å². The summed E-state index contributed by atoms with van der Waals surface area (Å²) in [5.74, 6) is -0.0854. The smallest absolute Gasteiger partial charge is 0.247 e. The monoisotopic (exact) mass is 441 g/mol. The van der Waals surface area contributed by atoms with Gasteiger partial charge in [-0.05, 0) is 25.0 Å². The van der Waals surface area contributed by atoms with Crippen molar-refractivity contribution in [3.8, 4) is 0 Å². The Hall–Kier alpha value is -3.56. The summed E-state index contributed by atoms with van der Waals surface area (Å²) in [6, 6.07) is 3.47. The largest absolute Gasteiger partial charge is 0.350 e. The average Bonchev–Trinajstić information content (AvgIpc) is 3.17. The molecule has 3 heterocycles. The Morgan fingerprint density at radius 3 is 2.62 bits per heavy atom. The maximum Gasteiger partial charge on any atom is 0.247 e. The molecule has 0 saturated carbocycles. The number of anilines is 3. The lowest BCUT2D eigenvalue weighted by atomic mass is 9.99. The van der Waals surface area contributed by atoms with Crippen molar-refractivity contribution in [2.75, 3.05) is 22.6 Å². The maximum atomic E-state index is 13.9. The van der Waals surface area contributed by atoms with Crippen LogP contribution in [-0.4, -0.2) is 38.7 Å². The highest BCUT2D eigenvalue weighted by molar-refractivity contribution is 6.03. The topological polar surface area (TPSA) is 88.0 Å². The second kappa shape index (κ2) is 8.52. The summed E-state index contributed by atoms with van der Waals surface area (Å²) in [6.07, 6.45) is 3.34. The Morgan fingerprint density at radius 1 is 1.22 bits per heavy atom. The van der Waals surface area contributed by atoms with Crippen molar-refractivity contribution >= 4 is 23.4 Å². The van der Waals surface area contributed by atoms with E-state index in [0.717, 1.165) is 5.56 Å². The average molecular weight is 441 g/mol. The molecule has 0 saturated heterocycles. The van der Waals surface area contributed by atoms with E-state index < -0.39 is 11.6 Å². The van der Waals surface area contributed by atoms with Gasteiger partial charge in [-0.3, -0.25) is 9.48 Å². The van der Waals surface area contributed by atoms with E-state index in [-0.39, 0.29) is 30.0 Å². The summed E-state index contributed by atoms with van der Waals surface area (Å²) in [5, 5.41) is 10.3. The number of aromatic nitrogens is 4. The molecule has 4 rings (SSSR count). The number of benzene rings is 1. The number of aryl methyl sites for hydroxylation is 1. The number of fused-ring (bicyclic) bond motifs is 1. The molecule has 0 spiro atoms. The van der Waals surface area contributed by atoms with E-state index in [4.69, 9.17) is 0 Å². The molecule has 1 aliphatic rings. The number of nitrogens with zero attached hydrogens (tertiary/aromatic N) is 5. The van der Waals surface area contributed by atoms with Crippen molar-refractivity contribution in [1.82, 2.24) is 19.7 Å². The van der Waals surface area contributed by atoms with E-state index in [9.17, 15) is 13.6 Å². The number of carbonyl (C=O) groups is 1. The summed E-state index contributed by atoms with van der Waals surface area (Å²) in [7, 11) is 1.85. The molecule has 0 unspecified atom stereocenters. The summed E-state index contributed by atoms with van der Waals surface area (Å²) in [4.78, 5) is 23.4. The predicted octanol–water partition coefficient (Wildman–Crippen LogP) is 3.33. The standard InChI is InChI=1S/C22H25F2N7O/c1-12(2)19-21(32)28-18-13(3)27-22(29-20(18)30(19)4)25-8-14-9-26-31(10-14)11-15-16(23)6-5-7-17(15)24/h5-7,9-10,12,19H,8,11H2,1-4H3,(H,28,32)(H,25,27,29)/t19-/m0/s1. The second-order valence-electron chi connectivity index (χ2n) is 8.22. The zero-order valence-corrected chi connectivity index (χ0v) is 18.4. The fraction of sp³-hybridized carbons (Fsp3) is 0.364. The molecule has 1 aliphatic heterocycles. The zero-order valence-electron chi connectivity index (χ0n) is 18.4. The van der Waals surface area contributed by atoms with E-state index in [1.807, 2.05) is 32.7 Å². The lowest BCUT2D eigenvalue weighted by Crippen LogP contribution is -2.49. The van der Waals surface area contributed by atoms with Gasteiger partial charge in [-0.2, -0.15) is 10.1 Å². The van der Waals surface area contributed by atoms with Crippen LogP contribution in [0.1, 0.15) is 30.7 Å². The van der Waals surface area contributed by atoms with Crippen LogP contribution in [0, 0.1) is 24.5 Å². The van der Waals surface area contributed by atoms with E-state index in [1.165, 1.54) is 22.9 Å². The van der Waals surface area contributed by atoms with Crippen LogP contribution < -0.4 is 15.5 Å². The predicted molar refractivity (Wildman–Crippen MR) is 117 cm³/mol. The van der Waals surface area contributed by atoms with Crippen molar-refractivity contribution in [1.29, 1.82) is 0 Å². The van der Waals surface area contributed by atoms with Gasteiger partial charge in [0.2, 0.25) is 11.9 Å². The lowest BCUT2D eigenvalue weighted by molar-refractivity contribution is -0.118. The molecule has 0 bridgehead atoms. The van der Waals surface area contributed by atoms with Crippen molar-refractivity contribution in [2.24, 2.45) is 5.92 Å². The minimum absolute atomic E-state index is 0.00591. The molecule has 2 aromatic heterocycles. The molecule has 0 radical (unpaired) electrons. The first-order valence-electron chi connectivity index (χ1n) is 10.3. The minimum Gasteiger partial charge on any atom is -0.350 e. The minimum atomic E-state index is -0.603. The number of halogens is 2. The molecule has 8 nitrogen and oxygen atoms in total. The van der Waals surface area contributed by atoms with E-state index in [0.29, 0.717) is 29.7 Å². The fourth-order valence-corrected chi connectivity index (χ4v) is 3.90. The molecule has 0 fully saturated rings. The quantitative estimate of drug-likeness (QED) is 0.610. The van der Waals surface area contributed by atoms with Gasteiger partial charge in [-0.25, -0.2) is 13.8 Å². The van der Waals surface area contributed by atoms with Gasteiger partial charge in [0.25, 0.3) is 0 Å². The Kier molecular flexibility index (Phi) is 5.77. The van der Waals surface area contributed by atoms with Crippen LogP contribution in [0.4, 0.5) is 26.2 Å². The number of rotatable bonds is 6. The third-order valence-corrected chi connectivity index (χ3v) is 5.49. The Morgan fingerprint density at radius 2 is 1.94 bits per heavy atom. The summed E-state index contributed by atoms with van der Waals surface area (Å²) in [6.45, 7) is 6.17. The van der Waals surface area contributed by atoms with Gasteiger partial charge in [-0.15, -0.1) is 0 Å². The molecule has 1 amide bonds. The van der Waals surface area contributed by atoms with Crippen LogP contribution in [0.25, 0.3) is 0 Å². The first-order chi connectivity index (χ1) is 15.2. The molecule has 1 atom stereocenters. The first-order valence-corrected chi connectivity index (χ1v) is 10.3. The van der Waals surface area contributed by atoms with Gasteiger partial charge in [0.15, 0.2) is 5.82 Å². The highest BCUT2D eigenvalue weighted by Crippen LogP contribution is 2.34. The van der Waals surface area contributed by atoms with Crippen molar-refractivity contribution in [2.45, 2.75) is 39.9 Å². The van der Waals surface area contributed by atoms with Crippen LogP contribution in [-0.2, 0) is 17.9 Å². The molecule has 32 heavy (non-hydrogen) atoms. The number of hydrogen-bond donors (Lipinski definition) is 2. The van der Waals surface area contributed by atoms with Crippen LogP contribution in [0.15, 0.2) is 30.6 Å². The molecular weight excluding hydrogens is 416 g/mol. The molecular formula is C22H25F2N7O. The van der Waals surface area contributed by atoms with Gasteiger partial charge >= 0.3 is 0 Å². The molecule has 10 heteroatoms. The maximum absolute atomic E-state index is 13.9. The number of carbonyl (C=O) groups excluding carboxylic acids is 1. The third-order valence-electron chi connectivity index (χ3n) is 5.49. The van der Waals surface area contributed by atoms with E-state index in [2.05, 4.69) is 25.7 Å². The Balaban J connectivity index is 1.49. The van der Waals surface area contributed by atoms with Gasteiger partial charge in [0, 0.05) is 30.9 Å². The van der Waals surface area contributed by atoms with Crippen molar-refractivity contribution < 1.29 is 13.6 Å². The van der Waals surface area contributed by atoms with Gasteiger partial charge < -0.3 is 15.5 Å². The normalized spacial score (nSPS) is 15.7. The third kappa shape index (κ3) is 4.12. The van der Waals surface area contributed by atoms with Crippen molar-refractivity contribution in [3.63, 3.8) is 0 Å². The Labute approximate surface area is 184 Å². The number of likely N-dealkylation sites (N-methyl/N-ethyl adjacent to an activating group) is 1. The van der Waals surface area contributed by atoms with Crippen LogP contribution >= 0.6 is 0 Å². The van der Waals surface area contributed by atoms with E-state index >= 15 is 0 Å². The summed E-state index contributed by atoms with van der Waals surface area (Å²) < 4.78 is 29.2. The molecule has 3 aromatic rings. The summed E-state index contributed by atoms with van der Waals surface area (Å²) >= 11 is 0. The number of nitrogens with one attached hydrogen (secondary N) is 2. The van der Waals surface area contributed by atoms with Crippen LogP contribution in [0.5, 0.6) is 0 Å². The highest BCUT2D eigenvalue weighted by Gasteiger charge is 2.35. The lowest BCUT2D eigenvalue weighted by Gasteiger charge is -2.36. The number of amides is 1. The zero-order chi connectivity index (χ0) is 23.0. The van der Waals surface area contributed by atoms with Crippen LogP contribution in [0.2, 0.25) is 0 Å². The molecule has 168 valence electrons. The van der Waals surface area contributed by atoms with Gasteiger partial charge in [0.05, 0.1) is 18.4 Å². The highest BCUT2D eigenvalue weighted by atomic mass is 19.1. The SMILES string of the molecule is Cc1nc(NCc2cnn(Cc3c(F)cccc3F)c2)nc2c1NC(=O)[C@H](C(C)C)N2C. The van der Waals surface area contributed by atoms with Crippen LogP contribution in [0.3, 0.4) is 0 Å². The summed E-state index contributed by atoms with van der Waals surface area (Å²) in [5.41, 5.74) is 2.04. The Bertz CT molecular complexity index is 1140. The van der Waals surface area contributed by atoms with Gasteiger partial charge in [0.1, 0.15) is 23.4 Å². The molecule has 1 aromatic carbocycles. The van der Waals surface area contributed by atoms with Crippen molar-refractivity contribution in [3.05, 3.63) is 59.0 Å². The second-order valence-corrected chi connectivity index (χ2v) is 8.22. The first kappa shape index (κ1) is 21.7. The van der Waals surface area contributed by atoms with E-state index in [1.54, 1.807) is 12.4 Å². The number of hydrogen-bond acceptors (Lipinski definition) is 6. The molecule has 0 aliphatic carbocycles. The molecule has 2 N–H and O–H groups in total. The fourth-order valence-electron chi connectivity index (χ4n) is 3.90.